The van der Waals surface area contributed by atoms with Crippen LogP contribution >= 0.6 is 0 Å². The Balaban J connectivity index is 1.18. The lowest BCUT2D eigenvalue weighted by atomic mass is 9.96. The maximum atomic E-state index is 12.9. The van der Waals surface area contributed by atoms with Crippen LogP contribution in [-0.4, -0.2) is 22.4 Å². The highest BCUT2D eigenvalue weighted by molar-refractivity contribution is 5.91. The molecular weight excluding hydrogens is 482 g/mol. The predicted molar refractivity (Wildman–Crippen MR) is 146 cm³/mol. The summed E-state index contributed by atoms with van der Waals surface area (Å²) < 4.78 is 0. The van der Waals surface area contributed by atoms with E-state index in [-0.39, 0.29) is 18.1 Å². The van der Waals surface area contributed by atoms with Crippen LogP contribution < -0.4 is 32.4 Å². The van der Waals surface area contributed by atoms with Gasteiger partial charge in [0, 0.05) is 31.3 Å². The quantitative estimate of drug-likeness (QED) is 0.312. The van der Waals surface area contributed by atoms with E-state index in [0.717, 1.165) is 33.0 Å². The molecule has 0 atom stereocenters. The van der Waals surface area contributed by atoms with E-state index in [1.165, 1.54) is 6.07 Å². The molecule has 9 heteroatoms. The summed E-state index contributed by atoms with van der Waals surface area (Å²) in [5, 5.41) is 4.90. The molecule has 1 amide bonds. The van der Waals surface area contributed by atoms with Gasteiger partial charge in [0.2, 0.25) is 0 Å². The third kappa shape index (κ3) is 4.13. The smallest absolute Gasteiger partial charge is 0.287 e. The molecule has 0 fully saturated rings. The number of nitrogens with one attached hydrogen (secondary N) is 2. The van der Waals surface area contributed by atoms with Crippen molar-refractivity contribution in [2.75, 3.05) is 17.2 Å². The van der Waals surface area contributed by atoms with Gasteiger partial charge in [-0.1, -0.05) is 54.6 Å². The number of rotatable bonds is 5. The summed E-state index contributed by atoms with van der Waals surface area (Å²) in [4.78, 5) is 57.5. The van der Waals surface area contributed by atoms with E-state index in [9.17, 15) is 19.2 Å². The maximum absolute atomic E-state index is 12.9. The van der Waals surface area contributed by atoms with E-state index in [2.05, 4.69) is 15.3 Å². The maximum Gasteiger partial charge on any atom is 0.287 e. The van der Waals surface area contributed by atoms with Crippen molar-refractivity contribution in [3.8, 4) is 11.3 Å². The molecule has 2 heterocycles. The Morgan fingerprint density at radius 3 is 2.58 bits per heavy atom. The van der Waals surface area contributed by atoms with Crippen molar-refractivity contribution in [2.45, 2.75) is 19.5 Å². The van der Waals surface area contributed by atoms with Crippen LogP contribution in [0.1, 0.15) is 27.3 Å². The first-order chi connectivity index (χ1) is 18.4. The fourth-order valence-electron chi connectivity index (χ4n) is 4.95. The number of amides is 1. The van der Waals surface area contributed by atoms with E-state index in [0.29, 0.717) is 30.9 Å². The number of benzene rings is 3. The standard InChI is InChI=1S/C29H23N5O4/c30-24-25(27(37)26(24)36)34-10-9-18-6-5-16(11-21(18)15-34)14-31-29(38)28-32-22(13-23(35)33-28)20-8-7-17-3-1-2-4-19(17)12-20/h1-8,11-13H,9-10,14-15,30H2,(H,31,38)(H,32,33,35). The minimum Gasteiger partial charge on any atom is -0.394 e. The summed E-state index contributed by atoms with van der Waals surface area (Å²) in [6.07, 6.45) is 0.715. The van der Waals surface area contributed by atoms with Crippen molar-refractivity contribution in [1.82, 2.24) is 15.3 Å². The Labute approximate surface area is 216 Å². The Morgan fingerprint density at radius 2 is 1.76 bits per heavy atom. The fraction of sp³-hybridized carbons (Fsp3) is 0.138. The van der Waals surface area contributed by atoms with Crippen LogP contribution in [0.4, 0.5) is 11.4 Å². The van der Waals surface area contributed by atoms with Crippen LogP contribution in [0.2, 0.25) is 0 Å². The van der Waals surface area contributed by atoms with E-state index < -0.39 is 22.3 Å². The molecule has 0 spiro atoms. The molecular formula is C29H23N5O4. The highest BCUT2D eigenvalue weighted by Gasteiger charge is 2.26. The molecule has 38 heavy (non-hydrogen) atoms. The molecule has 1 aromatic heterocycles. The summed E-state index contributed by atoms with van der Waals surface area (Å²) in [6.45, 7) is 1.28. The van der Waals surface area contributed by atoms with E-state index in [4.69, 9.17) is 5.73 Å². The van der Waals surface area contributed by atoms with Gasteiger partial charge in [-0.15, -0.1) is 0 Å². The number of nitrogens with zero attached hydrogens (tertiary/aromatic N) is 2. The predicted octanol–water partition coefficient (Wildman–Crippen LogP) is 2.26. The lowest BCUT2D eigenvalue weighted by Gasteiger charge is -2.32. The third-order valence-corrected chi connectivity index (χ3v) is 6.98. The van der Waals surface area contributed by atoms with Gasteiger partial charge in [0.15, 0.2) is 5.82 Å². The minimum absolute atomic E-state index is 0.0225. The van der Waals surface area contributed by atoms with Crippen LogP contribution in [0.5, 0.6) is 0 Å². The molecule has 4 N–H and O–H groups in total. The molecule has 0 bridgehead atoms. The second kappa shape index (κ2) is 9.11. The van der Waals surface area contributed by atoms with Gasteiger partial charge < -0.3 is 20.9 Å². The van der Waals surface area contributed by atoms with Gasteiger partial charge in [0.1, 0.15) is 11.4 Å². The van der Waals surface area contributed by atoms with Crippen LogP contribution in [0.25, 0.3) is 22.0 Å². The molecule has 1 aliphatic heterocycles. The number of anilines is 2. The molecule has 6 rings (SSSR count). The number of nitrogens with two attached hydrogens (primary N) is 1. The summed E-state index contributed by atoms with van der Waals surface area (Å²) in [6, 6.07) is 20.9. The van der Waals surface area contributed by atoms with Gasteiger partial charge in [0.25, 0.3) is 22.3 Å². The molecule has 9 nitrogen and oxygen atoms in total. The Bertz CT molecular complexity index is 1870. The molecule has 4 aromatic carbocycles. The van der Waals surface area contributed by atoms with Gasteiger partial charge in [-0.3, -0.25) is 19.2 Å². The number of aromatic amines is 1. The average Bonchev–Trinajstić information content (AvgIpc) is 2.95. The van der Waals surface area contributed by atoms with Gasteiger partial charge in [-0.2, -0.15) is 0 Å². The lowest BCUT2D eigenvalue weighted by molar-refractivity contribution is 0.0940. The lowest BCUT2D eigenvalue weighted by Crippen LogP contribution is -2.44. The van der Waals surface area contributed by atoms with Crippen molar-refractivity contribution in [2.24, 2.45) is 0 Å². The second-order valence-corrected chi connectivity index (χ2v) is 9.42. The first-order valence-electron chi connectivity index (χ1n) is 12.2. The number of nitrogen functional groups attached to an aromatic ring is 1. The van der Waals surface area contributed by atoms with E-state index >= 15 is 0 Å². The molecule has 0 unspecified atom stereocenters. The van der Waals surface area contributed by atoms with Crippen LogP contribution in [0, 0.1) is 0 Å². The second-order valence-electron chi connectivity index (χ2n) is 9.42. The number of aromatic nitrogens is 2. The molecule has 0 aliphatic carbocycles. The van der Waals surface area contributed by atoms with Crippen molar-refractivity contribution in [3.63, 3.8) is 0 Å². The van der Waals surface area contributed by atoms with Crippen molar-refractivity contribution in [3.05, 3.63) is 120 Å². The summed E-state index contributed by atoms with van der Waals surface area (Å²) in [5.74, 6) is -0.569. The number of fused-ring (bicyclic) bond motifs is 2. The van der Waals surface area contributed by atoms with Gasteiger partial charge >= 0.3 is 0 Å². The molecule has 0 radical (unpaired) electrons. The summed E-state index contributed by atoms with van der Waals surface area (Å²) >= 11 is 0. The largest absolute Gasteiger partial charge is 0.394 e. The topological polar surface area (TPSA) is 138 Å². The zero-order chi connectivity index (χ0) is 26.4. The average molecular weight is 506 g/mol. The number of carbonyl (C=O) groups is 1. The van der Waals surface area contributed by atoms with E-state index in [1.807, 2.05) is 65.6 Å². The van der Waals surface area contributed by atoms with Gasteiger partial charge in [0.05, 0.1) is 5.69 Å². The first-order valence-corrected chi connectivity index (χ1v) is 12.2. The van der Waals surface area contributed by atoms with Crippen molar-refractivity contribution < 1.29 is 4.79 Å². The van der Waals surface area contributed by atoms with Crippen molar-refractivity contribution >= 4 is 28.1 Å². The zero-order valence-corrected chi connectivity index (χ0v) is 20.3. The molecule has 5 aromatic rings. The number of hydrogen-bond acceptors (Lipinski definition) is 7. The highest BCUT2D eigenvalue weighted by Crippen LogP contribution is 2.26. The number of H-pyrrole nitrogens is 1. The van der Waals surface area contributed by atoms with Crippen LogP contribution in [0.3, 0.4) is 0 Å². The van der Waals surface area contributed by atoms with Crippen LogP contribution in [0.15, 0.2) is 81.1 Å². The SMILES string of the molecule is Nc1c(N2CCc3ccc(CNC(=O)c4nc(-c5ccc6ccccc6c5)cc(=O)[nH]4)cc3C2)c(=O)c1=O. The molecule has 0 saturated heterocycles. The Morgan fingerprint density at radius 1 is 0.947 bits per heavy atom. The Kier molecular flexibility index (Phi) is 5.60. The molecule has 0 saturated carbocycles. The fourth-order valence-corrected chi connectivity index (χ4v) is 4.95. The first kappa shape index (κ1) is 23.4. The monoisotopic (exact) mass is 505 g/mol. The highest BCUT2D eigenvalue weighted by atomic mass is 16.2. The molecule has 188 valence electrons. The third-order valence-electron chi connectivity index (χ3n) is 6.98. The summed E-state index contributed by atoms with van der Waals surface area (Å²) in [7, 11) is 0. The number of carbonyl (C=O) groups excluding carboxylic acids is 1. The van der Waals surface area contributed by atoms with Gasteiger partial charge in [-0.25, -0.2) is 4.98 Å². The van der Waals surface area contributed by atoms with E-state index in [1.54, 1.807) is 0 Å². The van der Waals surface area contributed by atoms with Crippen LogP contribution in [-0.2, 0) is 19.5 Å². The number of hydrogen-bond donors (Lipinski definition) is 3. The minimum atomic E-state index is -0.626. The summed E-state index contributed by atoms with van der Waals surface area (Å²) in [5.41, 5.74) is 8.62. The normalized spacial score (nSPS) is 13.0. The Hall–Kier alpha value is -5.05. The zero-order valence-electron chi connectivity index (χ0n) is 20.3. The van der Waals surface area contributed by atoms with Gasteiger partial charge in [-0.05, 0) is 39.9 Å². The molecule has 1 aliphatic rings. The van der Waals surface area contributed by atoms with Crippen molar-refractivity contribution in [1.29, 1.82) is 0 Å².